The topological polar surface area (TPSA) is 21.3 Å². The Balaban J connectivity index is 3.13. The predicted molar refractivity (Wildman–Crippen MR) is 74.3 cm³/mol. The molecule has 1 rings (SSSR count). The Morgan fingerprint density at radius 1 is 1.24 bits per heavy atom. The van der Waals surface area contributed by atoms with E-state index in [0.29, 0.717) is 28.3 Å². The molecule has 0 bridgehead atoms. The van der Waals surface area contributed by atoms with Crippen molar-refractivity contribution in [3.8, 4) is 5.75 Å². The van der Waals surface area contributed by atoms with Gasteiger partial charge in [0.25, 0.3) is 0 Å². The highest BCUT2D eigenvalue weighted by molar-refractivity contribution is 6.34. The lowest BCUT2D eigenvalue weighted by Crippen LogP contribution is -2.22. The van der Waals surface area contributed by atoms with Crippen LogP contribution in [0.3, 0.4) is 0 Å². The van der Waals surface area contributed by atoms with Crippen molar-refractivity contribution in [2.45, 2.75) is 26.8 Å². The highest BCUT2D eigenvalue weighted by atomic mass is 35.5. The third-order valence-corrected chi connectivity index (χ3v) is 3.29. The van der Waals surface area contributed by atoms with Crippen LogP contribution in [-0.4, -0.2) is 13.7 Å². The summed E-state index contributed by atoms with van der Waals surface area (Å²) >= 11 is 12.5. The maximum Gasteiger partial charge on any atom is 0.139 e. The molecule has 0 saturated heterocycles. The molecule has 0 spiro atoms. The fourth-order valence-electron chi connectivity index (χ4n) is 1.90. The van der Waals surface area contributed by atoms with Crippen LogP contribution in [0.5, 0.6) is 5.75 Å². The van der Waals surface area contributed by atoms with Crippen molar-refractivity contribution in [3.63, 3.8) is 0 Å². The average molecular weight is 276 g/mol. The number of ether oxygens (including phenoxy) is 1. The molecule has 1 atom stereocenters. The van der Waals surface area contributed by atoms with E-state index in [2.05, 4.69) is 19.2 Å². The van der Waals surface area contributed by atoms with Crippen LogP contribution in [0.4, 0.5) is 0 Å². The van der Waals surface area contributed by atoms with Gasteiger partial charge in [-0.1, -0.05) is 37.0 Å². The Kier molecular flexibility index (Phi) is 5.57. The predicted octanol–water partition coefficient (Wildman–Crippen LogP) is 4.31. The van der Waals surface area contributed by atoms with Crippen LogP contribution < -0.4 is 10.1 Å². The first-order valence-corrected chi connectivity index (χ1v) is 6.55. The first-order chi connectivity index (χ1) is 8.01. The van der Waals surface area contributed by atoms with Crippen LogP contribution in [0, 0.1) is 5.92 Å². The van der Waals surface area contributed by atoms with E-state index in [1.54, 1.807) is 6.07 Å². The zero-order chi connectivity index (χ0) is 13.0. The van der Waals surface area contributed by atoms with E-state index < -0.39 is 0 Å². The maximum atomic E-state index is 6.28. The average Bonchev–Trinajstić information content (AvgIpc) is 2.25. The van der Waals surface area contributed by atoms with Crippen molar-refractivity contribution in [2.75, 3.05) is 13.7 Å². The van der Waals surface area contributed by atoms with Crippen LogP contribution in [0.25, 0.3) is 0 Å². The van der Waals surface area contributed by atoms with Crippen molar-refractivity contribution in [1.29, 1.82) is 0 Å². The zero-order valence-electron chi connectivity index (χ0n) is 10.7. The molecule has 0 saturated carbocycles. The fourth-order valence-corrected chi connectivity index (χ4v) is 2.39. The molecule has 96 valence electrons. The van der Waals surface area contributed by atoms with Gasteiger partial charge in [-0.25, -0.2) is 0 Å². The molecule has 0 aliphatic carbocycles. The van der Waals surface area contributed by atoms with Crippen molar-refractivity contribution in [1.82, 2.24) is 5.32 Å². The summed E-state index contributed by atoms with van der Waals surface area (Å²) < 4.78 is 5.41. The number of nitrogens with one attached hydrogen (secondary N) is 1. The minimum Gasteiger partial charge on any atom is -0.492 e. The third kappa shape index (κ3) is 3.51. The Bertz CT molecular complexity index is 380. The van der Waals surface area contributed by atoms with E-state index in [-0.39, 0.29) is 6.04 Å². The van der Waals surface area contributed by atoms with Gasteiger partial charge in [0, 0.05) is 17.1 Å². The molecular weight excluding hydrogens is 257 g/mol. The first kappa shape index (κ1) is 14.6. The van der Waals surface area contributed by atoms with Gasteiger partial charge in [0.2, 0.25) is 0 Å². The second kappa shape index (κ2) is 6.48. The maximum absolute atomic E-state index is 6.28. The minimum absolute atomic E-state index is 0.190. The Morgan fingerprint density at radius 2 is 1.88 bits per heavy atom. The molecular formula is C13H19Cl2NO. The molecule has 0 heterocycles. The summed E-state index contributed by atoms with van der Waals surface area (Å²) in [6.45, 7) is 6.78. The monoisotopic (exact) mass is 275 g/mol. The fraction of sp³-hybridized carbons (Fsp3) is 0.538. The summed E-state index contributed by atoms with van der Waals surface area (Å²) in [6.07, 6.45) is 0. The molecule has 17 heavy (non-hydrogen) atoms. The molecule has 0 amide bonds. The molecule has 4 heteroatoms. The van der Waals surface area contributed by atoms with Crippen LogP contribution in [0.2, 0.25) is 10.0 Å². The third-order valence-electron chi connectivity index (χ3n) is 2.66. The summed E-state index contributed by atoms with van der Waals surface area (Å²) in [4.78, 5) is 0. The van der Waals surface area contributed by atoms with Gasteiger partial charge >= 0.3 is 0 Å². The van der Waals surface area contributed by atoms with Gasteiger partial charge in [0.05, 0.1) is 11.6 Å². The van der Waals surface area contributed by atoms with E-state index in [1.165, 1.54) is 0 Å². The van der Waals surface area contributed by atoms with E-state index in [0.717, 1.165) is 5.56 Å². The van der Waals surface area contributed by atoms with E-state index >= 15 is 0 Å². The Hall–Kier alpha value is -0.440. The van der Waals surface area contributed by atoms with Crippen molar-refractivity contribution < 1.29 is 4.74 Å². The molecule has 0 aliphatic rings. The molecule has 0 aromatic heterocycles. The lowest BCUT2D eigenvalue weighted by atomic mass is 9.96. The number of rotatable bonds is 5. The largest absolute Gasteiger partial charge is 0.492 e. The second-order valence-corrected chi connectivity index (χ2v) is 5.06. The van der Waals surface area contributed by atoms with Crippen LogP contribution in [-0.2, 0) is 0 Å². The van der Waals surface area contributed by atoms with Gasteiger partial charge < -0.3 is 10.1 Å². The number of hydrogen-bond acceptors (Lipinski definition) is 2. The molecule has 1 aromatic carbocycles. The van der Waals surface area contributed by atoms with Crippen molar-refractivity contribution in [3.05, 3.63) is 27.7 Å². The molecule has 2 nitrogen and oxygen atoms in total. The van der Waals surface area contributed by atoms with E-state index in [9.17, 15) is 0 Å². The van der Waals surface area contributed by atoms with Gasteiger partial charge in [-0.3, -0.25) is 0 Å². The first-order valence-electron chi connectivity index (χ1n) is 5.80. The summed E-state index contributed by atoms with van der Waals surface area (Å²) in [5, 5.41) is 4.54. The Labute approximate surface area is 113 Å². The smallest absolute Gasteiger partial charge is 0.139 e. The van der Waals surface area contributed by atoms with Crippen LogP contribution in [0.1, 0.15) is 32.4 Å². The molecule has 0 fully saturated rings. The zero-order valence-corrected chi connectivity index (χ0v) is 12.2. The van der Waals surface area contributed by atoms with Crippen molar-refractivity contribution in [2.24, 2.45) is 5.92 Å². The Morgan fingerprint density at radius 3 is 2.35 bits per heavy atom. The highest BCUT2D eigenvalue weighted by Crippen LogP contribution is 2.36. The molecule has 1 unspecified atom stereocenters. The lowest BCUT2D eigenvalue weighted by molar-refractivity contribution is 0.340. The van der Waals surface area contributed by atoms with E-state index in [4.69, 9.17) is 27.9 Å². The van der Waals surface area contributed by atoms with Gasteiger partial charge in [0.15, 0.2) is 0 Å². The van der Waals surface area contributed by atoms with Gasteiger partial charge in [-0.2, -0.15) is 0 Å². The van der Waals surface area contributed by atoms with Gasteiger partial charge in [-0.05, 0) is 31.5 Å². The van der Waals surface area contributed by atoms with E-state index in [1.807, 2.05) is 20.0 Å². The normalized spacial score (nSPS) is 12.9. The quantitative estimate of drug-likeness (QED) is 0.865. The molecule has 1 aromatic rings. The standard InChI is InChI=1S/C13H19Cl2NO/c1-5-17-12-7-10(14)9(6-11(12)15)13(16-4)8(2)3/h6-8,13,16H,5H2,1-4H3. The number of hydrogen-bond donors (Lipinski definition) is 1. The summed E-state index contributed by atoms with van der Waals surface area (Å²) in [7, 11) is 1.92. The highest BCUT2D eigenvalue weighted by Gasteiger charge is 2.18. The van der Waals surface area contributed by atoms with Crippen LogP contribution in [0.15, 0.2) is 12.1 Å². The molecule has 0 radical (unpaired) electrons. The number of benzene rings is 1. The van der Waals surface area contributed by atoms with Crippen LogP contribution >= 0.6 is 23.2 Å². The number of halogens is 2. The second-order valence-electron chi connectivity index (χ2n) is 4.25. The molecule has 0 aliphatic heterocycles. The summed E-state index contributed by atoms with van der Waals surface area (Å²) in [5.74, 6) is 1.08. The SMILES string of the molecule is CCOc1cc(Cl)c(C(NC)C(C)C)cc1Cl. The van der Waals surface area contributed by atoms with Gasteiger partial charge in [0.1, 0.15) is 5.75 Å². The minimum atomic E-state index is 0.190. The molecule has 1 N–H and O–H groups in total. The lowest BCUT2D eigenvalue weighted by Gasteiger charge is -2.22. The summed E-state index contributed by atoms with van der Waals surface area (Å²) in [6, 6.07) is 3.86. The summed E-state index contributed by atoms with van der Waals surface area (Å²) in [5.41, 5.74) is 1.01. The van der Waals surface area contributed by atoms with Gasteiger partial charge in [-0.15, -0.1) is 0 Å². The van der Waals surface area contributed by atoms with Crippen molar-refractivity contribution >= 4 is 23.2 Å².